The molecule has 2 aromatic rings. The van der Waals surface area contributed by atoms with Gasteiger partial charge in [-0.15, -0.1) is 0 Å². The minimum atomic E-state index is -0.282. The van der Waals surface area contributed by atoms with E-state index in [9.17, 15) is 9.59 Å². The number of hydrogen-bond acceptors (Lipinski definition) is 7. The first-order chi connectivity index (χ1) is 13.0. The Morgan fingerprint density at radius 3 is 2.33 bits per heavy atom. The summed E-state index contributed by atoms with van der Waals surface area (Å²) in [6, 6.07) is 6.54. The first-order valence-corrected chi connectivity index (χ1v) is 8.75. The van der Waals surface area contributed by atoms with Crippen LogP contribution < -0.4 is 15.1 Å². The molecule has 0 unspecified atom stereocenters. The molecule has 0 bridgehead atoms. The van der Waals surface area contributed by atoms with Crippen LogP contribution in [-0.2, 0) is 4.74 Å². The van der Waals surface area contributed by atoms with Crippen molar-refractivity contribution in [3.63, 3.8) is 0 Å². The number of carbonyl (C=O) groups excluding carboxylic acids is 2. The van der Waals surface area contributed by atoms with E-state index in [0.717, 1.165) is 13.1 Å². The summed E-state index contributed by atoms with van der Waals surface area (Å²) < 4.78 is 5.36. The van der Waals surface area contributed by atoms with Gasteiger partial charge in [-0.25, -0.2) is 4.98 Å². The zero-order valence-electron chi connectivity index (χ0n) is 15.7. The molecule has 8 heteroatoms. The van der Waals surface area contributed by atoms with E-state index in [1.54, 1.807) is 30.5 Å². The van der Waals surface area contributed by atoms with Gasteiger partial charge >= 0.3 is 0 Å². The predicted molar refractivity (Wildman–Crippen MR) is 104 cm³/mol. The lowest BCUT2D eigenvalue weighted by Gasteiger charge is -2.28. The van der Waals surface area contributed by atoms with E-state index in [1.807, 2.05) is 19.0 Å². The number of anilines is 3. The maximum atomic E-state index is 12.6. The van der Waals surface area contributed by atoms with Gasteiger partial charge in [-0.1, -0.05) is 12.1 Å². The molecule has 8 nitrogen and oxygen atoms in total. The number of nitrogens with one attached hydrogen (secondary N) is 1. The van der Waals surface area contributed by atoms with Gasteiger partial charge in [-0.2, -0.15) is 4.98 Å². The zero-order chi connectivity index (χ0) is 19.4. The normalized spacial score (nSPS) is 14.0. The molecule has 142 valence electrons. The van der Waals surface area contributed by atoms with Crippen molar-refractivity contribution < 1.29 is 14.3 Å². The molecule has 1 N–H and O–H groups in total. The maximum Gasteiger partial charge on any atom is 0.255 e. The van der Waals surface area contributed by atoms with Crippen LogP contribution in [0.1, 0.15) is 27.6 Å². The Labute approximate surface area is 158 Å². The van der Waals surface area contributed by atoms with Crippen molar-refractivity contribution in [1.82, 2.24) is 9.97 Å². The summed E-state index contributed by atoms with van der Waals surface area (Å²) in [4.78, 5) is 36.8. The van der Waals surface area contributed by atoms with Crippen LogP contribution in [0.5, 0.6) is 0 Å². The summed E-state index contributed by atoms with van der Waals surface area (Å²) in [6.07, 6.45) is 1.62. The Hall–Kier alpha value is -3.00. The highest BCUT2D eigenvalue weighted by Gasteiger charge is 2.18. The molecule has 1 amide bonds. The smallest absolute Gasteiger partial charge is 0.255 e. The van der Waals surface area contributed by atoms with Crippen molar-refractivity contribution in [2.45, 2.75) is 6.92 Å². The predicted octanol–water partition coefficient (Wildman–Crippen LogP) is 1.83. The molecule has 1 aliphatic rings. The van der Waals surface area contributed by atoms with Gasteiger partial charge in [0.2, 0.25) is 5.95 Å². The van der Waals surface area contributed by atoms with E-state index >= 15 is 0 Å². The van der Waals surface area contributed by atoms with Crippen LogP contribution >= 0.6 is 0 Å². The van der Waals surface area contributed by atoms with Crippen LogP contribution in [0, 0.1) is 0 Å². The number of aromatic nitrogens is 2. The number of rotatable bonds is 5. The van der Waals surface area contributed by atoms with Crippen molar-refractivity contribution >= 4 is 29.1 Å². The number of benzene rings is 1. The second kappa shape index (κ2) is 8.13. The largest absolute Gasteiger partial charge is 0.378 e. The molecule has 27 heavy (non-hydrogen) atoms. The van der Waals surface area contributed by atoms with Crippen molar-refractivity contribution in [3.05, 3.63) is 41.6 Å². The number of morpholine rings is 1. The molecule has 0 saturated carbocycles. The third kappa shape index (κ3) is 4.40. The highest BCUT2D eigenvalue weighted by atomic mass is 16.5. The molecular formula is C19H23N5O3. The van der Waals surface area contributed by atoms with Crippen molar-refractivity contribution in [2.75, 3.05) is 55.5 Å². The Bertz CT molecular complexity index is 830. The molecular weight excluding hydrogens is 346 g/mol. The minimum Gasteiger partial charge on any atom is -0.378 e. The van der Waals surface area contributed by atoms with Crippen LogP contribution in [0.3, 0.4) is 0 Å². The van der Waals surface area contributed by atoms with Gasteiger partial charge in [0, 0.05) is 38.3 Å². The number of hydrogen-bond donors (Lipinski definition) is 1. The van der Waals surface area contributed by atoms with E-state index in [2.05, 4.69) is 20.2 Å². The lowest BCUT2D eigenvalue weighted by atomic mass is 10.1. The van der Waals surface area contributed by atoms with Gasteiger partial charge in [-0.3, -0.25) is 9.59 Å². The Kier molecular flexibility index (Phi) is 5.66. The SMILES string of the molecule is CC(=O)c1ccc(C(=O)Nc2cnc(N3CCOCC3)nc2N(C)C)cc1. The summed E-state index contributed by atoms with van der Waals surface area (Å²) in [7, 11) is 3.73. The third-order valence-corrected chi connectivity index (χ3v) is 4.28. The molecule has 0 spiro atoms. The monoisotopic (exact) mass is 369 g/mol. The number of ketones is 1. The minimum absolute atomic E-state index is 0.0380. The molecule has 0 aliphatic carbocycles. The van der Waals surface area contributed by atoms with Crippen molar-refractivity contribution in [3.8, 4) is 0 Å². The van der Waals surface area contributed by atoms with Crippen LogP contribution in [0.2, 0.25) is 0 Å². The van der Waals surface area contributed by atoms with Gasteiger partial charge in [0.15, 0.2) is 11.6 Å². The molecule has 1 aromatic heterocycles. The molecule has 2 heterocycles. The number of Topliss-reactive ketones (excluding diaryl/α,β-unsaturated/α-hetero) is 1. The summed E-state index contributed by atoms with van der Waals surface area (Å²) in [5.41, 5.74) is 1.55. The van der Waals surface area contributed by atoms with Crippen LogP contribution in [0.25, 0.3) is 0 Å². The topological polar surface area (TPSA) is 87.7 Å². The van der Waals surface area contributed by atoms with Gasteiger partial charge in [0.1, 0.15) is 5.69 Å². The van der Waals surface area contributed by atoms with E-state index in [0.29, 0.717) is 41.8 Å². The first kappa shape index (κ1) is 18.8. The molecule has 0 radical (unpaired) electrons. The fourth-order valence-corrected chi connectivity index (χ4v) is 2.76. The van der Waals surface area contributed by atoms with E-state index in [-0.39, 0.29) is 11.7 Å². The number of nitrogens with zero attached hydrogens (tertiary/aromatic N) is 4. The van der Waals surface area contributed by atoms with Gasteiger partial charge < -0.3 is 19.9 Å². The fraction of sp³-hybridized carbons (Fsp3) is 0.368. The maximum absolute atomic E-state index is 12.6. The molecule has 1 saturated heterocycles. The lowest BCUT2D eigenvalue weighted by molar-refractivity contribution is 0.100. The zero-order valence-corrected chi connectivity index (χ0v) is 15.7. The van der Waals surface area contributed by atoms with Crippen molar-refractivity contribution in [1.29, 1.82) is 0 Å². The molecule has 0 atom stereocenters. The summed E-state index contributed by atoms with van der Waals surface area (Å²) >= 11 is 0. The molecule has 3 rings (SSSR count). The fourth-order valence-electron chi connectivity index (χ4n) is 2.76. The third-order valence-electron chi connectivity index (χ3n) is 4.28. The highest BCUT2D eigenvalue weighted by Crippen LogP contribution is 2.24. The quantitative estimate of drug-likeness (QED) is 0.805. The number of amides is 1. The van der Waals surface area contributed by atoms with Crippen LogP contribution in [0.15, 0.2) is 30.5 Å². The Balaban J connectivity index is 1.80. The molecule has 1 aromatic carbocycles. The standard InChI is InChI=1S/C19H23N5O3/c1-13(25)14-4-6-15(7-5-14)18(26)21-16-12-20-19(22-17(16)23(2)3)24-8-10-27-11-9-24/h4-7,12H,8-11H2,1-3H3,(H,21,26). The number of carbonyl (C=O) groups is 2. The van der Waals surface area contributed by atoms with E-state index in [4.69, 9.17) is 4.74 Å². The van der Waals surface area contributed by atoms with E-state index in [1.165, 1.54) is 6.92 Å². The van der Waals surface area contributed by atoms with Gasteiger partial charge in [0.05, 0.1) is 19.4 Å². The van der Waals surface area contributed by atoms with Crippen LogP contribution in [0.4, 0.5) is 17.5 Å². The Morgan fingerprint density at radius 2 is 1.74 bits per heavy atom. The second-order valence-electron chi connectivity index (χ2n) is 6.49. The Morgan fingerprint density at radius 1 is 1.11 bits per heavy atom. The average molecular weight is 369 g/mol. The molecule has 1 aliphatic heterocycles. The number of ether oxygens (including phenoxy) is 1. The van der Waals surface area contributed by atoms with Crippen molar-refractivity contribution in [2.24, 2.45) is 0 Å². The van der Waals surface area contributed by atoms with E-state index < -0.39 is 0 Å². The highest BCUT2D eigenvalue weighted by molar-refractivity contribution is 6.06. The second-order valence-corrected chi connectivity index (χ2v) is 6.49. The van der Waals surface area contributed by atoms with Gasteiger partial charge in [-0.05, 0) is 19.1 Å². The summed E-state index contributed by atoms with van der Waals surface area (Å²) in [5.74, 6) is 0.922. The first-order valence-electron chi connectivity index (χ1n) is 8.75. The lowest BCUT2D eigenvalue weighted by Crippen LogP contribution is -2.37. The van der Waals surface area contributed by atoms with Crippen LogP contribution in [-0.4, -0.2) is 62.1 Å². The average Bonchev–Trinajstić information content (AvgIpc) is 2.68. The summed E-state index contributed by atoms with van der Waals surface area (Å²) in [5, 5.41) is 2.85. The molecule has 1 fully saturated rings. The summed E-state index contributed by atoms with van der Waals surface area (Å²) in [6.45, 7) is 4.26. The van der Waals surface area contributed by atoms with Gasteiger partial charge in [0.25, 0.3) is 5.91 Å².